The SMILES string of the molecule is CC1(C)CC(O)CC2(C)OC(O)C(=O)C12O. The molecular formula is C11H18O5. The summed E-state index contributed by atoms with van der Waals surface area (Å²) in [6, 6.07) is 0. The summed E-state index contributed by atoms with van der Waals surface area (Å²) in [6.45, 7) is 4.96. The van der Waals surface area contributed by atoms with Crippen LogP contribution >= 0.6 is 0 Å². The van der Waals surface area contributed by atoms with Crippen LogP contribution in [0.15, 0.2) is 0 Å². The van der Waals surface area contributed by atoms with Crippen LogP contribution in [0.1, 0.15) is 33.6 Å². The third-order valence-corrected chi connectivity index (χ3v) is 4.07. The van der Waals surface area contributed by atoms with Crippen molar-refractivity contribution in [1.82, 2.24) is 0 Å². The van der Waals surface area contributed by atoms with Gasteiger partial charge in [-0.2, -0.15) is 0 Å². The molecule has 2 rings (SSSR count). The molecule has 0 aromatic carbocycles. The molecule has 0 bridgehead atoms. The first-order valence-electron chi connectivity index (χ1n) is 5.45. The quantitative estimate of drug-likeness (QED) is 0.526. The van der Waals surface area contributed by atoms with E-state index in [0.717, 1.165) is 0 Å². The molecule has 1 aliphatic carbocycles. The van der Waals surface area contributed by atoms with Crippen molar-refractivity contribution in [3.8, 4) is 0 Å². The fraction of sp³-hybridized carbons (Fsp3) is 0.909. The van der Waals surface area contributed by atoms with E-state index in [9.17, 15) is 20.1 Å². The third kappa shape index (κ3) is 1.17. The van der Waals surface area contributed by atoms with Crippen molar-refractivity contribution >= 4 is 5.78 Å². The Balaban J connectivity index is 2.53. The van der Waals surface area contributed by atoms with Gasteiger partial charge in [0, 0.05) is 11.8 Å². The average Bonchev–Trinajstić information content (AvgIpc) is 2.26. The summed E-state index contributed by atoms with van der Waals surface area (Å²) in [6.07, 6.45) is -1.78. The summed E-state index contributed by atoms with van der Waals surface area (Å²) < 4.78 is 5.17. The molecule has 2 aliphatic rings. The first-order chi connectivity index (χ1) is 7.14. The molecule has 4 atom stereocenters. The number of carbonyl (C=O) groups excluding carboxylic acids is 1. The van der Waals surface area contributed by atoms with Gasteiger partial charge in [-0.15, -0.1) is 0 Å². The van der Waals surface area contributed by atoms with Gasteiger partial charge in [0.15, 0.2) is 5.60 Å². The molecule has 0 aromatic heterocycles. The van der Waals surface area contributed by atoms with Crippen molar-refractivity contribution in [3.05, 3.63) is 0 Å². The predicted molar refractivity (Wildman–Crippen MR) is 54.5 cm³/mol. The lowest BCUT2D eigenvalue weighted by atomic mass is 9.57. The number of rotatable bonds is 0. The number of ketones is 1. The molecule has 2 fully saturated rings. The Morgan fingerprint density at radius 3 is 2.38 bits per heavy atom. The monoisotopic (exact) mass is 230 g/mol. The molecule has 0 spiro atoms. The molecular weight excluding hydrogens is 212 g/mol. The maximum absolute atomic E-state index is 11.9. The van der Waals surface area contributed by atoms with Gasteiger partial charge in [-0.05, 0) is 13.3 Å². The minimum absolute atomic E-state index is 0.149. The van der Waals surface area contributed by atoms with Crippen molar-refractivity contribution in [3.63, 3.8) is 0 Å². The van der Waals surface area contributed by atoms with E-state index < -0.39 is 34.8 Å². The van der Waals surface area contributed by atoms with Gasteiger partial charge in [0.2, 0.25) is 12.1 Å². The maximum atomic E-state index is 11.9. The number of aliphatic hydroxyl groups is 3. The topological polar surface area (TPSA) is 87.0 Å². The second-order valence-corrected chi connectivity index (χ2v) is 5.72. The van der Waals surface area contributed by atoms with E-state index in [0.29, 0.717) is 6.42 Å². The molecule has 5 heteroatoms. The number of aliphatic hydroxyl groups excluding tert-OH is 2. The Morgan fingerprint density at radius 1 is 1.25 bits per heavy atom. The number of hydrogen-bond donors (Lipinski definition) is 3. The van der Waals surface area contributed by atoms with Crippen molar-refractivity contribution in [2.24, 2.45) is 5.41 Å². The highest BCUT2D eigenvalue weighted by Gasteiger charge is 2.71. The molecule has 1 aliphatic heterocycles. The van der Waals surface area contributed by atoms with Gasteiger partial charge in [0.25, 0.3) is 0 Å². The molecule has 92 valence electrons. The molecule has 3 N–H and O–H groups in total. The van der Waals surface area contributed by atoms with Crippen molar-refractivity contribution < 1.29 is 24.9 Å². The van der Waals surface area contributed by atoms with Gasteiger partial charge < -0.3 is 20.1 Å². The summed E-state index contributed by atoms with van der Waals surface area (Å²) in [4.78, 5) is 11.9. The fourth-order valence-electron chi connectivity index (χ4n) is 3.33. The van der Waals surface area contributed by atoms with E-state index >= 15 is 0 Å². The highest BCUT2D eigenvalue weighted by Crippen LogP contribution is 2.55. The molecule has 1 saturated heterocycles. The smallest absolute Gasteiger partial charge is 0.223 e. The van der Waals surface area contributed by atoms with Crippen LogP contribution < -0.4 is 0 Å². The molecule has 1 saturated carbocycles. The second kappa shape index (κ2) is 3.04. The van der Waals surface area contributed by atoms with Gasteiger partial charge in [-0.3, -0.25) is 4.79 Å². The molecule has 5 nitrogen and oxygen atoms in total. The molecule has 16 heavy (non-hydrogen) atoms. The highest BCUT2D eigenvalue weighted by atomic mass is 16.6. The predicted octanol–water partition coefficient (Wildman–Crippen LogP) is -0.425. The fourth-order valence-corrected chi connectivity index (χ4v) is 3.33. The zero-order valence-corrected chi connectivity index (χ0v) is 9.73. The highest BCUT2D eigenvalue weighted by molar-refractivity contribution is 5.94. The van der Waals surface area contributed by atoms with Crippen LogP contribution in [0, 0.1) is 5.41 Å². The number of Topliss-reactive ketones (excluding diaryl/α,β-unsaturated/α-hetero) is 1. The molecule has 0 aromatic rings. The van der Waals surface area contributed by atoms with Crippen LogP contribution in [0.4, 0.5) is 0 Å². The Hall–Kier alpha value is -0.490. The van der Waals surface area contributed by atoms with E-state index in [1.807, 2.05) is 0 Å². The van der Waals surface area contributed by atoms with Crippen molar-refractivity contribution in [2.75, 3.05) is 0 Å². The van der Waals surface area contributed by atoms with E-state index in [-0.39, 0.29) is 6.42 Å². The lowest BCUT2D eigenvalue weighted by molar-refractivity contribution is -0.228. The maximum Gasteiger partial charge on any atom is 0.223 e. The van der Waals surface area contributed by atoms with Gasteiger partial charge in [0.1, 0.15) is 5.60 Å². The molecule has 4 unspecified atom stereocenters. The first-order valence-corrected chi connectivity index (χ1v) is 5.45. The van der Waals surface area contributed by atoms with Crippen LogP contribution in [0.25, 0.3) is 0 Å². The number of carbonyl (C=O) groups is 1. The van der Waals surface area contributed by atoms with Crippen molar-refractivity contribution in [2.45, 2.75) is 57.2 Å². The van der Waals surface area contributed by atoms with Gasteiger partial charge in [-0.25, -0.2) is 0 Å². The number of hydrogen-bond acceptors (Lipinski definition) is 5. The standard InChI is InChI=1S/C11H18O5/c1-9(2)4-6(12)5-10(3)11(9,15)7(13)8(14)16-10/h6,8,12,14-15H,4-5H2,1-3H3. The molecule has 0 amide bonds. The second-order valence-electron chi connectivity index (χ2n) is 5.72. The van der Waals surface area contributed by atoms with Crippen LogP contribution in [-0.2, 0) is 9.53 Å². The first kappa shape index (κ1) is 12.0. The van der Waals surface area contributed by atoms with E-state index in [1.165, 1.54) is 0 Å². The Labute approximate surface area is 94.0 Å². The average molecular weight is 230 g/mol. The van der Waals surface area contributed by atoms with E-state index in [2.05, 4.69) is 0 Å². The van der Waals surface area contributed by atoms with Crippen LogP contribution in [0.3, 0.4) is 0 Å². The lowest BCUT2D eigenvalue weighted by Gasteiger charge is -2.52. The number of fused-ring (bicyclic) bond motifs is 1. The minimum atomic E-state index is -1.74. The Kier molecular flexibility index (Phi) is 2.28. The van der Waals surface area contributed by atoms with Gasteiger partial charge in [-0.1, -0.05) is 13.8 Å². The minimum Gasteiger partial charge on any atom is -0.393 e. The summed E-state index contributed by atoms with van der Waals surface area (Å²) in [5.41, 5.74) is -3.78. The third-order valence-electron chi connectivity index (χ3n) is 4.07. The van der Waals surface area contributed by atoms with Crippen LogP contribution in [0.5, 0.6) is 0 Å². The van der Waals surface area contributed by atoms with E-state index in [1.54, 1.807) is 20.8 Å². The number of ether oxygens (including phenoxy) is 1. The summed E-state index contributed by atoms with van der Waals surface area (Å²) in [7, 11) is 0. The van der Waals surface area contributed by atoms with Crippen molar-refractivity contribution in [1.29, 1.82) is 0 Å². The van der Waals surface area contributed by atoms with Gasteiger partial charge >= 0.3 is 0 Å². The molecule has 1 heterocycles. The molecule has 0 radical (unpaired) electrons. The summed E-state index contributed by atoms with van der Waals surface area (Å²) >= 11 is 0. The normalized spacial score (nSPS) is 51.5. The lowest BCUT2D eigenvalue weighted by Crippen LogP contribution is -2.66. The van der Waals surface area contributed by atoms with Crippen LogP contribution in [-0.4, -0.2) is 44.7 Å². The Bertz CT molecular complexity index is 339. The zero-order valence-electron chi connectivity index (χ0n) is 9.73. The summed E-state index contributed by atoms with van der Waals surface area (Å²) in [5, 5.41) is 29.8. The largest absolute Gasteiger partial charge is 0.393 e. The van der Waals surface area contributed by atoms with Gasteiger partial charge in [0.05, 0.1) is 6.10 Å². The summed E-state index contributed by atoms with van der Waals surface area (Å²) in [5.74, 6) is -0.702. The Morgan fingerprint density at radius 2 is 1.81 bits per heavy atom. The van der Waals surface area contributed by atoms with Crippen LogP contribution in [0.2, 0.25) is 0 Å². The zero-order chi connectivity index (χ0) is 12.4. The van der Waals surface area contributed by atoms with E-state index in [4.69, 9.17) is 4.74 Å².